The summed E-state index contributed by atoms with van der Waals surface area (Å²) in [6.45, 7) is 2.75. The van der Waals surface area contributed by atoms with E-state index >= 15 is 0 Å². The van der Waals surface area contributed by atoms with Gasteiger partial charge in [0.1, 0.15) is 10.8 Å². The summed E-state index contributed by atoms with van der Waals surface area (Å²) < 4.78 is 3.22. The number of nitrogens with zero attached hydrogens (tertiary/aromatic N) is 4. The van der Waals surface area contributed by atoms with Gasteiger partial charge in [-0.05, 0) is 30.7 Å². The molecular weight excluding hydrogens is 372 g/mol. The van der Waals surface area contributed by atoms with Crippen molar-refractivity contribution in [3.63, 3.8) is 0 Å². The highest BCUT2D eigenvalue weighted by Crippen LogP contribution is 2.28. The van der Waals surface area contributed by atoms with Crippen molar-refractivity contribution in [2.45, 2.75) is 23.6 Å². The Hall–Kier alpha value is -1.89. The molecular formula is C18H15ClN4S2. The van der Waals surface area contributed by atoms with Crippen LogP contribution in [-0.4, -0.2) is 19.7 Å². The Morgan fingerprint density at radius 2 is 1.96 bits per heavy atom. The molecule has 0 unspecified atom stereocenters. The first-order valence-corrected chi connectivity index (χ1v) is 9.98. The fourth-order valence-electron chi connectivity index (χ4n) is 2.67. The fraction of sp³-hybridized carbons (Fsp3) is 0.167. The van der Waals surface area contributed by atoms with Gasteiger partial charge in [0, 0.05) is 11.6 Å². The van der Waals surface area contributed by atoms with Gasteiger partial charge in [-0.1, -0.05) is 65.0 Å². The number of hydrogen-bond donors (Lipinski definition) is 0. The number of fused-ring (bicyclic) bond motifs is 1. The molecule has 0 bridgehead atoms. The van der Waals surface area contributed by atoms with E-state index in [-0.39, 0.29) is 0 Å². The quantitative estimate of drug-likeness (QED) is 0.443. The van der Waals surface area contributed by atoms with E-state index in [0.29, 0.717) is 5.02 Å². The third-order valence-electron chi connectivity index (χ3n) is 3.81. The zero-order valence-corrected chi connectivity index (χ0v) is 15.9. The summed E-state index contributed by atoms with van der Waals surface area (Å²) in [6, 6.07) is 16.3. The average Bonchev–Trinajstić information content (AvgIpc) is 3.17. The minimum atomic E-state index is 0.704. The molecule has 25 heavy (non-hydrogen) atoms. The van der Waals surface area contributed by atoms with Crippen molar-refractivity contribution >= 4 is 45.7 Å². The van der Waals surface area contributed by atoms with Gasteiger partial charge >= 0.3 is 0 Å². The van der Waals surface area contributed by atoms with E-state index in [4.69, 9.17) is 16.6 Å². The van der Waals surface area contributed by atoms with Crippen LogP contribution in [0.1, 0.15) is 16.4 Å². The number of rotatable bonds is 5. The summed E-state index contributed by atoms with van der Waals surface area (Å²) in [5.41, 5.74) is 3.26. The molecule has 0 fully saturated rings. The molecule has 4 nitrogen and oxygen atoms in total. The highest BCUT2D eigenvalue weighted by molar-refractivity contribution is 8.00. The Balaban J connectivity index is 1.69. The van der Waals surface area contributed by atoms with E-state index in [1.165, 1.54) is 5.56 Å². The van der Waals surface area contributed by atoms with Gasteiger partial charge in [-0.3, -0.25) is 0 Å². The van der Waals surface area contributed by atoms with Crippen LogP contribution in [0.3, 0.4) is 0 Å². The van der Waals surface area contributed by atoms with Crippen LogP contribution in [0.4, 0.5) is 0 Å². The zero-order valence-electron chi connectivity index (χ0n) is 13.5. The molecule has 0 N–H and O–H groups in total. The normalized spacial score (nSPS) is 11.3. The van der Waals surface area contributed by atoms with Gasteiger partial charge in [0.2, 0.25) is 0 Å². The number of thioether (sulfide) groups is 1. The maximum atomic E-state index is 6.15. The number of hydrogen-bond acceptors (Lipinski definition) is 5. The minimum absolute atomic E-state index is 0.704. The second-order valence-corrected chi connectivity index (χ2v) is 8.45. The molecule has 0 spiro atoms. The monoisotopic (exact) mass is 386 g/mol. The Morgan fingerprint density at radius 1 is 1.12 bits per heavy atom. The van der Waals surface area contributed by atoms with Crippen LogP contribution in [0.25, 0.3) is 11.0 Å². The van der Waals surface area contributed by atoms with Gasteiger partial charge in [-0.2, -0.15) is 0 Å². The number of halogens is 1. The third-order valence-corrected chi connectivity index (χ3v) is 6.01. The standard InChI is InChI=1S/C18H15ClN4S2/c1-12-21-22-18(25-12)24-11-17-20-15-9-14(19)7-8-16(15)23(17)10-13-5-3-2-4-6-13/h2-9H,10-11H2,1H3. The van der Waals surface area contributed by atoms with Crippen LogP contribution in [-0.2, 0) is 12.3 Å². The molecule has 0 aliphatic heterocycles. The molecule has 0 aliphatic rings. The third kappa shape index (κ3) is 3.71. The van der Waals surface area contributed by atoms with Crippen LogP contribution in [0.2, 0.25) is 5.02 Å². The van der Waals surface area contributed by atoms with Crippen molar-refractivity contribution in [1.29, 1.82) is 0 Å². The first kappa shape index (κ1) is 16.6. The maximum Gasteiger partial charge on any atom is 0.174 e. The lowest BCUT2D eigenvalue weighted by Crippen LogP contribution is -2.04. The summed E-state index contributed by atoms with van der Waals surface area (Å²) in [5.74, 6) is 1.76. The second-order valence-electron chi connectivity index (χ2n) is 5.61. The SMILES string of the molecule is Cc1nnc(SCc2nc3cc(Cl)ccc3n2Cc2ccccc2)s1. The van der Waals surface area contributed by atoms with E-state index in [1.807, 2.05) is 31.2 Å². The first-order valence-electron chi connectivity index (χ1n) is 7.80. The van der Waals surface area contributed by atoms with Crippen molar-refractivity contribution < 1.29 is 0 Å². The number of aryl methyl sites for hydroxylation is 1. The van der Waals surface area contributed by atoms with Crippen molar-refractivity contribution in [3.8, 4) is 0 Å². The van der Waals surface area contributed by atoms with Crippen LogP contribution in [0.5, 0.6) is 0 Å². The second kappa shape index (κ2) is 7.15. The van der Waals surface area contributed by atoms with Gasteiger partial charge in [-0.15, -0.1) is 10.2 Å². The van der Waals surface area contributed by atoms with E-state index in [9.17, 15) is 0 Å². The molecule has 0 saturated carbocycles. The van der Waals surface area contributed by atoms with E-state index < -0.39 is 0 Å². The predicted octanol–water partition coefficient (Wildman–Crippen LogP) is 5.19. The lowest BCUT2D eigenvalue weighted by molar-refractivity contribution is 0.780. The molecule has 2 heterocycles. The van der Waals surface area contributed by atoms with Crippen LogP contribution < -0.4 is 0 Å². The Labute approximate surface area is 158 Å². The van der Waals surface area contributed by atoms with Crippen molar-refractivity contribution in [2.24, 2.45) is 0 Å². The van der Waals surface area contributed by atoms with E-state index in [2.05, 4.69) is 39.0 Å². The molecule has 0 aliphatic carbocycles. The zero-order chi connectivity index (χ0) is 17.2. The molecule has 0 amide bonds. The fourth-order valence-corrected chi connectivity index (χ4v) is 4.60. The summed E-state index contributed by atoms with van der Waals surface area (Å²) in [7, 11) is 0. The highest BCUT2D eigenvalue weighted by atomic mass is 35.5. The van der Waals surface area contributed by atoms with Crippen LogP contribution in [0, 0.1) is 6.92 Å². The lowest BCUT2D eigenvalue weighted by Gasteiger charge is -2.09. The highest BCUT2D eigenvalue weighted by Gasteiger charge is 2.13. The van der Waals surface area contributed by atoms with Gasteiger partial charge in [0.05, 0.1) is 16.8 Å². The van der Waals surface area contributed by atoms with Crippen molar-refractivity contribution in [1.82, 2.24) is 19.7 Å². The molecule has 2 aromatic carbocycles. The van der Waals surface area contributed by atoms with Crippen molar-refractivity contribution in [2.75, 3.05) is 0 Å². The van der Waals surface area contributed by atoms with Gasteiger partial charge in [-0.25, -0.2) is 4.98 Å². The number of benzene rings is 2. The molecule has 2 aromatic heterocycles. The number of imidazole rings is 1. The van der Waals surface area contributed by atoms with Gasteiger partial charge < -0.3 is 4.57 Å². The van der Waals surface area contributed by atoms with Crippen LogP contribution in [0.15, 0.2) is 52.9 Å². The van der Waals surface area contributed by atoms with Crippen LogP contribution >= 0.6 is 34.7 Å². The Morgan fingerprint density at radius 3 is 2.72 bits per heavy atom. The minimum Gasteiger partial charge on any atom is -0.323 e. The summed E-state index contributed by atoms with van der Waals surface area (Å²) in [6.07, 6.45) is 0. The number of aromatic nitrogens is 4. The summed E-state index contributed by atoms with van der Waals surface area (Å²) in [4.78, 5) is 4.81. The molecule has 4 rings (SSSR count). The predicted molar refractivity (Wildman–Crippen MR) is 104 cm³/mol. The molecule has 7 heteroatoms. The molecule has 4 aromatic rings. The smallest absolute Gasteiger partial charge is 0.174 e. The molecule has 126 valence electrons. The molecule has 0 atom stereocenters. The van der Waals surface area contributed by atoms with E-state index in [0.717, 1.165) is 38.5 Å². The molecule has 0 radical (unpaired) electrons. The average molecular weight is 387 g/mol. The Kier molecular flexibility index (Phi) is 4.74. The van der Waals surface area contributed by atoms with Gasteiger partial charge in [0.15, 0.2) is 4.34 Å². The van der Waals surface area contributed by atoms with Crippen molar-refractivity contribution in [3.05, 3.63) is 69.9 Å². The largest absolute Gasteiger partial charge is 0.323 e. The summed E-state index contributed by atoms with van der Waals surface area (Å²) >= 11 is 9.42. The van der Waals surface area contributed by atoms with E-state index in [1.54, 1.807) is 23.1 Å². The summed E-state index contributed by atoms with van der Waals surface area (Å²) in [5, 5.41) is 9.95. The maximum absolute atomic E-state index is 6.15. The first-order chi connectivity index (χ1) is 12.2. The molecule has 0 saturated heterocycles. The Bertz CT molecular complexity index is 1010. The topological polar surface area (TPSA) is 43.6 Å². The van der Waals surface area contributed by atoms with Gasteiger partial charge in [0.25, 0.3) is 0 Å². The lowest BCUT2D eigenvalue weighted by atomic mass is 10.2.